The van der Waals surface area contributed by atoms with Gasteiger partial charge in [-0.15, -0.1) is 10.1 Å². The van der Waals surface area contributed by atoms with Gasteiger partial charge in [0.2, 0.25) is 0 Å². The maximum absolute atomic E-state index is 9.63. The quantitative estimate of drug-likeness (QED) is 0.513. The van der Waals surface area contributed by atoms with Gasteiger partial charge in [-0.25, -0.2) is 0 Å². The van der Waals surface area contributed by atoms with Gasteiger partial charge in [0.25, 0.3) is 0 Å². The SMILES string of the molecule is CC(C)CCCS(CC(C)C)=P(O)(O)S. The summed E-state index contributed by atoms with van der Waals surface area (Å²) in [7, 11) is -0.302. The van der Waals surface area contributed by atoms with Crippen LogP contribution in [0.3, 0.4) is 0 Å². The van der Waals surface area contributed by atoms with E-state index in [1.54, 1.807) is 0 Å². The van der Waals surface area contributed by atoms with Crippen molar-refractivity contribution < 1.29 is 9.79 Å². The van der Waals surface area contributed by atoms with Gasteiger partial charge in [0.15, 0.2) is 5.69 Å². The minimum absolute atomic E-state index is 0.302. The van der Waals surface area contributed by atoms with Crippen molar-refractivity contribution in [2.75, 3.05) is 11.5 Å². The van der Waals surface area contributed by atoms with Gasteiger partial charge in [0, 0.05) is 0 Å². The first-order chi connectivity index (χ1) is 6.73. The molecule has 0 aromatic rings. The maximum Gasteiger partial charge on any atom is 0.198 e. The van der Waals surface area contributed by atoms with E-state index in [1.165, 1.54) is 0 Å². The highest BCUT2D eigenvalue weighted by Crippen LogP contribution is 2.47. The average Bonchev–Trinajstić information content (AvgIpc) is 1.99. The van der Waals surface area contributed by atoms with Crippen LogP contribution in [0.4, 0.5) is 0 Å². The Labute approximate surface area is 102 Å². The molecule has 0 saturated carbocycles. The summed E-state index contributed by atoms with van der Waals surface area (Å²) in [5.74, 6) is 3.01. The van der Waals surface area contributed by atoms with Gasteiger partial charge in [-0.3, -0.25) is 0 Å². The zero-order valence-corrected chi connectivity index (χ0v) is 12.8. The van der Waals surface area contributed by atoms with E-state index in [0.717, 1.165) is 24.3 Å². The molecule has 2 nitrogen and oxygen atoms in total. The molecule has 0 fully saturated rings. The molecule has 0 amide bonds. The largest absolute Gasteiger partial charge is 0.341 e. The van der Waals surface area contributed by atoms with E-state index in [1.807, 2.05) is 0 Å². The molecule has 0 rings (SSSR count). The molecule has 94 valence electrons. The second kappa shape index (κ2) is 7.39. The molecule has 2 N–H and O–H groups in total. The number of thiol groups is 1. The molecule has 0 radical (unpaired) electrons. The third-order valence-electron chi connectivity index (χ3n) is 2.03. The highest BCUT2D eigenvalue weighted by Gasteiger charge is 2.12. The van der Waals surface area contributed by atoms with Crippen molar-refractivity contribution >= 4 is 28.0 Å². The van der Waals surface area contributed by atoms with Gasteiger partial charge in [0.05, 0.1) is 0 Å². The Kier molecular flexibility index (Phi) is 7.91. The number of hydrogen-bond donors (Lipinski definition) is 3. The standard InChI is InChI=1S/C10H25O2PS2/c1-9(2)6-5-7-15(8-10(3)4)13(11,12)14/h9-12,14H,5-8H2,1-4H3. The van der Waals surface area contributed by atoms with Crippen LogP contribution < -0.4 is 0 Å². The van der Waals surface area contributed by atoms with E-state index in [-0.39, 0.29) is 10.1 Å². The predicted molar refractivity (Wildman–Crippen MR) is 76.4 cm³/mol. The molecule has 0 heterocycles. The summed E-state index contributed by atoms with van der Waals surface area (Å²) in [5, 5.41) is 0. The van der Waals surface area contributed by atoms with Crippen LogP contribution in [0.25, 0.3) is 0 Å². The van der Waals surface area contributed by atoms with Crippen LogP contribution in [0.5, 0.6) is 0 Å². The Morgan fingerprint density at radius 3 is 2.00 bits per heavy atom. The first kappa shape index (κ1) is 16.1. The lowest BCUT2D eigenvalue weighted by Crippen LogP contribution is -2.09. The lowest BCUT2D eigenvalue weighted by molar-refractivity contribution is 0.501. The van der Waals surface area contributed by atoms with Crippen LogP contribution >= 0.6 is 17.9 Å². The van der Waals surface area contributed by atoms with Gasteiger partial charge in [-0.2, -0.15) is 0 Å². The van der Waals surface area contributed by atoms with E-state index in [0.29, 0.717) is 11.8 Å². The summed E-state index contributed by atoms with van der Waals surface area (Å²) in [6.07, 6.45) is 2.24. The van der Waals surface area contributed by atoms with Crippen molar-refractivity contribution in [3.63, 3.8) is 0 Å². The molecule has 0 saturated heterocycles. The van der Waals surface area contributed by atoms with Crippen LogP contribution in [0.15, 0.2) is 0 Å². The fourth-order valence-electron chi connectivity index (χ4n) is 1.35. The number of hydrogen-bond acceptors (Lipinski definition) is 0. The molecule has 5 heteroatoms. The first-order valence-electron chi connectivity index (χ1n) is 5.49. The molecule has 1 unspecified atom stereocenters. The molecule has 1 atom stereocenters. The molecule has 0 aromatic heterocycles. The van der Waals surface area contributed by atoms with Crippen molar-refractivity contribution in [1.29, 1.82) is 0 Å². The minimum atomic E-state index is -2.92. The molecule has 0 aliphatic rings. The summed E-state index contributed by atoms with van der Waals surface area (Å²) in [5.41, 5.74) is -2.92. The van der Waals surface area contributed by atoms with Crippen molar-refractivity contribution in [3.05, 3.63) is 0 Å². The molecule has 0 aliphatic heterocycles. The summed E-state index contributed by atoms with van der Waals surface area (Å²) in [4.78, 5) is 19.3. The third-order valence-corrected chi connectivity index (χ3v) is 9.69. The lowest BCUT2D eigenvalue weighted by Gasteiger charge is -2.18. The zero-order valence-electron chi connectivity index (χ0n) is 10.2. The second-order valence-corrected chi connectivity index (χ2v) is 13.0. The van der Waals surface area contributed by atoms with Crippen molar-refractivity contribution in [3.8, 4) is 0 Å². The normalized spacial score (nSPS) is 15.0. The molecule has 0 bridgehead atoms. The predicted octanol–water partition coefficient (Wildman–Crippen LogP) is 3.29. The Hall–Kier alpha value is 1.05. The maximum atomic E-state index is 9.63. The molecular formula is C10H25O2PS2. The van der Waals surface area contributed by atoms with Crippen LogP contribution in [0.2, 0.25) is 0 Å². The van der Waals surface area contributed by atoms with Crippen LogP contribution in [-0.2, 0) is 10.1 Å². The molecule has 0 spiro atoms. The summed E-state index contributed by atoms with van der Waals surface area (Å²) >= 11 is 3.98. The topological polar surface area (TPSA) is 40.5 Å². The Balaban J connectivity index is 4.30. The molecule has 0 aliphatic carbocycles. The Morgan fingerprint density at radius 1 is 1.13 bits per heavy atom. The monoisotopic (exact) mass is 272 g/mol. The summed E-state index contributed by atoms with van der Waals surface area (Å²) in [6.45, 7) is 8.63. The van der Waals surface area contributed by atoms with E-state index in [9.17, 15) is 9.79 Å². The molecule has 0 aromatic carbocycles. The second-order valence-electron chi connectivity index (χ2n) is 4.78. The van der Waals surface area contributed by atoms with Gasteiger partial charge < -0.3 is 9.79 Å². The van der Waals surface area contributed by atoms with Crippen molar-refractivity contribution in [2.24, 2.45) is 11.8 Å². The fourth-order valence-corrected chi connectivity index (χ4v) is 7.18. The Morgan fingerprint density at radius 2 is 1.67 bits per heavy atom. The molecular weight excluding hydrogens is 247 g/mol. The van der Waals surface area contributed by atoms with Gasteiger partial charge >= 0.3 is 0 Å². The minimum Gasteiger partial charge on any atom is -0.341 e. The van der Waals surface area contributed by atoms with Crippen molar-refractivity contribution in [1.82, 2.24) is 0 Å². The lowest BCUT2D eigenvalue weighted by atomic mass is 10.1. The van der Waals surface area contributed by atoms with Crippen LogP contribution in [0, 0.1) is 11.8 Å². The highest BCUT2D eigenvalue weighted by molar-refractivity contribution is 8.65. The third kappa shape index (κ3) is 8.82. The fraction of sp³-hybridized carbons (Fsp3) is 1.00. The van der Waals surface area contributed by atoms with E-state index in [2.05, 4.69) is 39.9 Å². The first-order valence-corrected chi connectivity index (χ1v) is 10.5. The highest BCUT2D eigenvalue weighted by atomic mass is 32.9. The van der Waals surface area contributed by atoms with Crippen LogP contribution in [-0.4, -0.2) is 21.3 Å². The van der Waals surface area contributed by atoms with E-state index < -0.39 is 5.69 Å². The van der Waals surface area contributed by atoms with Gasteiger partial charge in [0.1, 0.15) is 0 Å². The number of rotatable bonds is 6. The van der Waals surface area contributed by atoms with E-state index >= 15 is 0 Å². The smallest absolute Gasteiger partial charge is 0.198 e. The van der Waals surface area contributed by atoms with Crippen LogP contribution in [0.1, 0.15) is 40.5 Å². The zero-order chi connectivity index (χ0) is 12.1. The van der Waals surface area contributed by atoms with Crippen molar-refractivity contribution in [2.45, 2.75) is 40.5 Å². The average molecular weight is 272 g/mol. The molecule has 15 heavy (non-hydrogen) atoms. The summed E-state index contributed by atoms with van der Waals surface area (Å²) in [6, 6.07) is 0. The van der Waals surface area contributed by atoms with Gasteiger partial charge in [-0.05, 0) is 29.8 Å². The summed E-state index contributed by atoms with van der Waals surface area (Å²) < 4.78 is 0. The Bertz CT molecular complexity index is 225. The van der Waals surface area contributed by atoms with E-state index in [4.69, 9.17) is 0 Å². The van der Waals surface area contributed by atoms with Gasteiger partial charge in [-0.1, -0.05) is 46.4 Å².